The molecule has 1 aromatic rings. The van der Waals surface area contributed by atoms with E-state index in [1.165, 1.54) is 17.0 Å². The molecule has 4 nitrogen and oxygen atoms in total. The molecule has 0 aliphatic carbocycles. The highest BCUT2D eigenvalue weighted by atomic mass is 79.9. The molecule has 17 heavy (non-hydrogen) atoms. The molecule has 0 atom stereocenters. The smallest absolute Gasteiger partial charge is 0.254 e. The Morgan fingerprint density at radius 1 is 1.41 bits per heavy atom. The Kier molecular flexibility index (Phi) is 4.62. The van der Waals surface area contributed by atoms with Crippen LogP contribution in [-0.4, -0.2) is 37.4 Å². The molecular weight excluding hydrogens is 291 g/mol. The van der Waals surface area contributed by atoms with Crippen molar-refractivity contribution in [3.63, 3.8) is 0 Å². The van der Waals surface area contributed by atoms with Crippen molar-refractivity contribution < 1.29 is 14.0 Å². The van der Waals surface area contributed by atoms with E-state index in [4.69, 9.17) is 0 Å². The van der Waals surface area contributed by atoms with Gasteiger partial charge in [0.25, 0.3) is 5.91 Å². The normalized spacial score (nSPS) is 9.88. The van der Waals surface area contributed by atoms with Gasteiger partial charge >= 0.3 is 0 Å². The van der Waals surface area contributed by atoms with Gasteiger partial charge in [0, 0.05) is 14.1 Å². The van der Waals surface area contributed by atoms with Crippen molar-refractivity contribution in [2.75, 3.05) is 20.6 Å². The van der Waals surface area contributed by atoms with E-state index in [1.807, 2.05) is 0 Å². The number of halogens is 2. The predicted molar refractivity (Wildman–Crippen MR) is 65.1 cm³/mol. The van der Waals surface area contributed by atoms with Gasteiger partial charge in [-0.05, 0) is 28.1 Å². The van der Waals surface area contributed by atoms with Crippen molar-refractivity contribution in [3.05, 3.63) is 34.1 Å². The maximum atomic E-state index is 13.5. The largest absolute Gasteiger partial charge is 0.347 e. The van der Waals surface area contributed by atoms with Gasteiger partial charge in [0.1, 0.15) is 5.82 Å². The number of hydrogen-bond donors (Lipinski definition) is 1. The van der Waals surface area contributed by atoms with Crippen molar-refractivity contribution in [3.8, 4) is 0 Å². The summed E-state index contributed by atoms with van der Waals surface area (Å²) in [4.78, 5) is 24.2. The van der Waals surface area contributed by atoms with Crippen molar-refractivity contribution in [2.45, 2.75) is 0 Å². The number of carbonyl (C=O) groups is 2. The minimum absolute atomic E-state index is 0.0917. The quantitative estimate of drug-likeness (QED) is 0.918. The van der Waals surface area contributed by atoms with Crippen LogP contribution in [0.4, 0.5) is 4.39 Å². The summed E-state index contributed by atoms with van der Waals surface area (Å²) in [5.74, 6) is -1.50. The molecule has 2 amide bonds. The second-order valence-electron chi connectivity index (χ2n) is 3.57. The molecule has 0 saturated heterocycles. The molecular formula is C11H12BrFN2O2. The van der Waals surface area contributed by atoms with Gasteiger partial charge in [-0.15, -0.1) is 0 Å². The van der Waals surface area contributed by atoms with E-state index < -0.39 is 11.7 Å². The van der Waals surface area contributed by atoms with Crippen LogP contribution >= 0.6 is 15.9 Å². The molecule has 0 aromatic heterocycles. The summed E-state index contributed by atoms with van der Waals surface area (Å²) >= 11 is 2.99. The molecule has 0 heterocycles. The van der Waals surface area contributed by atoms with E-state index in [-0.39, 0.29) is 22.5 Å². The second kappa shape index (κ2) is 5.77. The lowest BCUT2D eigenvalue weighted by Crippen LogP contribution is -2.36. The van der Waals surface area contributed by atoms with Gasteiger partial charge in [0.2, 0.25) is 5.91 Å². The van der Waals surface area contributed by atoms with Crippen molar-refractivity contribution in [2.24, 2.45) is 0 Å². The van der Waals surface area contributed by atoms with Crippen LogP contribution < -0.4 is 5.32 Å². The van der Waals surface area contributed by atoms with Gasteiger partial charge in [-0.3, -0.25) is 9.59 Å². The van der Waals surface area contributed by atoms with E-state index in [2.05, 4.69) is 21.2 Å². The number of rotatable bonds is 3. The number of carbonyl (C=O) groups excluding carboxylic acids is 2. The first-order valence-corrected chi connectivity index (χ1v) is 5.65. The van der Waals surface area contributed by atoms with E-state index in [0.717, 1.165) is 0 Å². The van der Waals surface area contributed by atoms with Crippen molar-refractivity contribution in [1.29, 1.82) is 0 Å². The molecule has 6 heteroatoms. The predicted octanol–water partition coefficient (Wildman–Crippen LogP) is 1.41. The third-order valence-corrected chi connectivity index (χ3v) is 2.71. The number of nitrogens with one attached hydrogen (secondary N) is 1. The molecule has 0 bridgehead atoms. The van der Waals surface area contributed by atoms with Gasteiger partial charge in [0.05, 0.1) is 16.6 Å². The lowest BCUT2D eigenvalue weighted by Gasteiger charge is -2.11. The van der Waals surface area contributed by atoms with Crippen LogP contribution in [0, 0.1) is 5.82 Å². The minimum Gasteiger partial charge on any atom is -0.347 e. The molecule has 0 unspecified atom stereocenters. The summed E-state index contributed by atoms with van der Waals surface area (Å²) in [7, 11) is 3.16. The van der Waals surface area contributed by atoms with Gasteiger partial charge in [-0.25, -0.2) is 4.39 Å². The molecule has 0 spiro atoms. The maximum absolute atomic E-state index is 13.5. The SMILES string of the molecule is CN(C)C(=O)CNC(=O)c1cccc(Br)c1F. The van der Waals surface area contributed by atoms with Crippen LogP contribution in [0.3, 0.4) is 0 Å². The third-order valence-electron chi connectivity index (χ3n) is 2.10. The fourth-order valence-corrected chi connectivity index (χ4v) is 1.45. The Hall–Kier alpha value is -1.43. The van der Waals surface area contributed by atoms with Crippen LogP contribution in [0.15, 0.2) is 22.7 Å². The Labute approximate surface area is 107 Å². The fraction of sp³-hybridized carbons (Fsp3) is 0.273. The number of likely N-dealkylation sites (N-methyl/N-ethyl adjacent to an activating group) is 1. The topological polar surface area (TPSA) is 49.4 Å². The summed E-state index contributed by atoms with van der Waals surface area (Å²) in [5.41, 5.74) is -0.0917. The lowest BCUT2D eigenvalue weighted by atomic mass is 10.2. The molecule has 1 N–H and O–H groups in total. The molecule has 0 fully saturated rings. The Morgan fingerprint density at radius 3 is 2.65 bits per heavy atom. The summed E-state index contributed by atoms with van der Waals surface area (Å²) < 4.78 is 13.7. The molecule has 0 aliphatic rings. The van der Waals surface area contributed by atoms with E-state index in [1.54, 1.807) is 20.2 Å². The van der Waals surface area contributed by atoms with Gasteiger partial charge in [-0.1, -0.05) is 6.07 Å². The number of hydrogen-bond acceptors (Lipinski definition) is 2. The van der Waals surface area contributed by atoms with Gasteiger partial charge in [-0.2, -0.15) is 0 Å². The Balaban J connectivity index is 2.71. The summed E-state index contributed by atoms with van der Waals surface area (Å²) in [6.07, 6.45) is 0. The zero-order chi connectivity index (χ0) is 13.0. The van der Waals surface area contributed by atoms with Crippen LogP contribution in [0.2, 0.25) is 0 Å². The molecule has 0 aliphatic heterocycles. The minimum atomic E-state index is -0.637. The van der Waals surface area contributed by atoms with Crippen LogP contribution in [0.1, 0.15) is 10.4 Å². The van der Waals surface area contributed by atoms with Gasteiger partial charge < -0.3 is 10.2 Å². The standard InChI is InChI=1S/C11H12BrFN2O2/c1-15(2)9(16)6-14-11(17)7-4-3-5-8(12)10(7)13/h3-5H,6H2,1-2H3,(H,14,17). The average molecular weight is 303 g/mol. The van der Waals surface area contributed by atoms with E-state index in [0.29, 0.717) is 0 Å². The Morgan fingerprint density at radius 2 is 2.06 bits per heavy atom. The Bertz CT molecular complexity index is 449. The second-order valence-corrected chi connectivity index (χ2v) is 4.43. The van der Waals surface area contributed by atoms with E-state index in [9.17, 15) is 14.0 Å². The van der Waals surface area contributed by atoms with Crippen LogP contribution in [0.25, 0.3) is 0 Å². The monoisotopic (exact) mass is 302 g/mol. The van der Waals surface area contributed by atoms with Crippen molar-refractivity contribution in [1.82, 2.24) is 10.2 Å². The maximum Gasteiger partial charge on any atom is 0.254 e. The lowest BCUT2D eigenvalue weighted by molar-refractivity contribution is -0.127. The molecule has 0 saturated carbocycles. The zero-order valence-electron chi connectivity index (χ0n) is 9.46. The highest BCUT2D eigenvalue weighted by molar-refractivity contribution is 9.10. The fourth-order valence-electron chi connectivity index (χ4n) is 1.09. The van der Waals surface area contributed by atoms with E-state index >= 15 is 0 Å². The van der Waals surface area contributed by atoms with Crippen LogP contribution in [0.5, 0.6) is 0 Å². The molecule has 0 radical (unpaired) electrons. The highest BCUT2D eigenvalue weighted by Crippen LogP contribution is 2.18. The number of nitrogens with zero attached hydrogens (tertiary/aromatic N) is 1. The first-order chi connectivity index (χ1) is 7.93. The number of benzene rings is 1. The average Bonchev–Trinajstić information content (AvgIpc) is 2.29. The molecule has 1 rings (SSSR count). The summed E-state index contributed by atoms with van der Waals surface area (Å²) in [6.45, 7) is -0.155. The van der Waals surface area contributed by atoms with Crippen molar-refractivity contribution >= 4 is 27.7 Å². The first kappa shape index (κ1) is 13.6. The highest BCUT2D eigenvalue weighted by Gasteiger charge is 2.14. The summed E-state index contributed by atoms with van der Waals surface area (Å²) in [5, 5.41) is 2.36. The summed E-state index contributed by atoms with van der Waals surface area (Å²) in [6, 6.07) is 4.41. The first-order valence-electron chi connectivity index (χ1n) is 4.86. The molecule has 1 aromatic carbocycles. The number of amides is 2. The van der Waals surface area contributed by atoms with Gasteiger partial charge in [0.15, 0.2) is 0 Å². The third kappa shape index (κ3) is 3.52. The zero-order valence-corrected chi connectivity index (χ0v) is 11.0. The molecule has 92 valence electrons. The van der Waals surface area contributed by atoms with Crippen LogP contribution in [-0.2, 0) is 4.79 Å².